The van der Waals surface area contributed by atoms with Gasteiger partial charge < -0.3 is 5.32 Å². The predicted octanol–water partition coefficient (Wildman–Crippen LogP) is 4.85. The number of benzene rings is 2. The van der Waals surface area contributed by atoms with Crippen LogP contribution in [0.3, 0.4) is 0 Å². The van der Waals surface area contributed by atoms with Gasteiger partial charge in [-0.05, 0) is 36.6 Å². The van der Waals surface area contributed by atoms with Crippen LogP contribution in [0, 0.1) is 5.82 Å². The third-order valence-corrected chi connectivity index (χ3v) is 5.20. The van der Waals surface area contributed by atoms with Gasteiger partial charge in [0.25, 0.3) is 5.91 Å². The molecule has 0 saturated heterocycles. The first-order valence-corrected chi connectivity index (χ1v) is 8.79. The molecular weight excluding hydrogens is 372 g/mol. The van der Waals surface area contributed by atoms with Gasteiger partial charge in [-0.1, -0.05) is 30.3 Å². The second-order valence-corrected chi connectivity index (χ2v) is 7.03. The normalized spacial score (nSPS) is 15.4. The first-order chi connectivity index (χ1) is 13.3. The highest BCUT2D eigenvalue weighted by atomic mass is 19.4. The number of hydrogen-bond donors (Lipinski definition) is 1. The summed E-state index contributed by atoms with van der Waals surface area (Å²) in [5.74, 6) is -1.18. The molecule has 1 fully saturated rings. The molecule has 1 heterocycles. The molecule has 7 heteroatoms. The number of rotatable bonds is 4. The Morgan fingerprint density at radius 2 is 1.75 bits per heavy atom. The zero-order valence-electron chi connectivity index (χ0n) is 14.7. The molecule has 1 aliphatic carbocycles. The Kier molecular flexibility index (Phi) is 4.33. The molecule has 4 rings (SSSR count). The number of halogens is 4. The molecule has 0 bridgehead atoms. The molecule has 1 N–H and O–H groups in total. The van der Waals surface area contributed by atoms with E-state index in [0.717, 1.165) is 24.6 Å². The van der Waals surface area contributed by atoms with Crippen LogP contribution in [0.2, 0.25) is 0 Å². The van der Waals surface area contributed by atoms with E-state index in [4.69, 9.17) is 0 Å². The Balaban J connectivity index is 1.62. The number of hydrogen-bond acceptors (Lipinski definition) is 2. The van der Waals surface area contributed by atoms with Gasteiger partial charge in [-0.15, -0.1) is 0 Å². The number of nitrogens with zero attached hydrogens (tertiary/aromatic N) is 1. The number of nitrogens with one attached hydrogen (secondary N) is 1. The molecule has 0 radical (unpaired) electrons. The Bertz CT molecular complexity index is 1040. The average molecular weight is 388 g/mol. The smallest absolute Gasteiger partial charge is 0.351 e. The van der Waals surface area contributed by atoms with E-state index < -0.39 is 23.2 Å². The molecule has 0 aliphatic heterocycles. The van der Waals surface area contributed by atoms with Crippen LogP contribution in [-0.2, 0) is 11.6 Å². The maximum Gasteiger partial charge on any atom is 0.417 e. The molecular formula is C21H16F4N2O. The van der Waals surface area contributed by atoms with Crippen molar-refractivity contribution in [3.63, 3.8) is 0 Å². The van der Waals surface area contributed by atoms with Gasteiger partial charge >= 0.3 is 6.18 Å². The summed E-state index contributed by atoms with van der Waals surface area (Å²) in [5, 5.41) is 2.51. The van der Waals surface area contributed by atoms with E-state index in [1.807, 2.05) is 0 Å². The highest BCUT2D eigenvalue weighted by Crippen LogP contribution is 2.47. The fraction of sp³-hybridized carbons (Fsp3) is 0.238. The van der Waals surface area contributed by atoms with Gasteiger partial charge in [0.2, 0.25) is 0 Å². The topological polar surface area (TPSA) is 42.0 Å². The van der Waals surface area contributed by atoms with Crippen molar-refractivity contribution >= 4 is 16.8 Å². The molecule has 0 atom stereocenters. The van der Waals surface area contributed by atoms with Crippen molar-refractivity contribution in [3.8, 4) is 0 Å². The van der Waals surface area contributed by atoms with E-state index in [9.17, 15) is 22.4 Å². The van der Waals surface area contributed by atoms with E-state index in [2.05, 4.69) is 10.3 Å². The number of aromatic nitrogens is 1. The number of para-hydroxylation sites is 1. The molecule has 1 amide bonds. The number of carbonyl (C=O) groups excluding carboxylic acids is 1. The Morgan fingerprint density at radius 1 is 1.07 bits per heavy atom. The molecule has 0 unspecified atom stereocenters. The quantitative estimate of drug-likeness (QED) is 0.649. The maximum absolute atomic E-state index is 13.7. The monoisotopic (exact) mass is 388 g/mol. The van der Waals surface area contributed by atoms with Gasteiger partial charge in [0, 0.05) is 23.5 Å². The molecule has 1 aliphatic rings. The fourth-order valence-corrected chi connectivity index (χ4v) is 3.49. The van der Waals surface area contributed by atoms with Crippen LogP contribution in [0.4, 0.5) is 17.6 Å². The Hall–Kier alpha value is -2.96. The molecule has 28 heavy (non-hydrogen) atoms. The minimum Gasteiger partial charge on any atom is -0.351 e. The van der Waals surface area contributed by atoms with Crippen LogP contribution in [0.25, 0.3) is 10.9 Å². The molecule has 144 valence electrons. The number of carbonyl (C=O) groups is 1. The molecule has 0 spiro atoms. The lowest BCUT2D eigenvalue weighted by Crippen LogP contribution is -2.33. The highest BCUT2D eigenvalue weighted by Gasteiger charge is 2.45. The van der Waals surface area contributed by atoms with Gasteiger partial charge in [-0.3, -0.25) is 9.78 Å². The van der Waals surface area contributed by atoms with Crippen LogP contribution in [-0.4, -0.2) is 17.4 Å². The Morgan fingerprint density at radius 3 is 2.39 bits per heavy atom. The van der Waals surface area contributed by atoms with Crippen molar-refractivity contribution in [3.05, 3.63) is 77.2 Å². The summed E-state index contributed by atoms with van der Waals surface area (Å²) in [7, 11) is 0. The molecule has 1 aromatic heterocycles. The summed E-state index contributed by atoms with van der Waals surface area (Å²) < 4.78 is 54.2. The van der Waals surface area contributed by atoms with Crippen molar-refractivity contribution < 1.29 is 22.4 Å². The van der Waals surface area contributed by atoms with E-state index in [-0.39, 0.29) is 28.7 Å². The summed E-state index contributed by atoms with van der Waals surface area (Å²) in [5.41, 5.74) is -0.798. The van der Waals surface area contributed by atoms with E-state index >= 15 is 0 Å². The average Bonchev–Trinajstić information content (AvgIpc) is 3.46. The third-order valence-electron chi connectivity index (χ3n) is 5.20. The lowest BCUT2D eigenvalue weighted by atomic mass is 9.95. The number of alkyl halides is 3. The summed E-state index contributed by atoms with van der Waals surface area (Å²) in [6.07, 6.45) is -2.16. The van der Waals surface area contributed by atoms with E-state index in [1.54, 1.807) is 18.2 Å². The SMILES string of the molecule is O=C(NCC1(c2ccc(F)cc2)CC1)c1cnc2ccccc2c1C(F)(F)F. The minimum atomic E-state index is -4.69. The third kappa shape index (κ3) is 3.32. The number of amides is 1. The number of fused-ring (bicyclic) bond motifs is 1. The largest absolute Gasteiger partial charge is 0.417 e. The van der Waals surface area contributed by atoms with Crippen molar-refractivity contribution in [1.82, 2.24) is 10.3 Å². The van der Waals surface area contributed by atoms with Crippen LogP contribution < -0.4 is 5.32 Å². The van der Waals surface area contributed by atoms with Crippen LogP contribution in [0.15, 0.2) is 54.7 Å². The van der Waals surface area contributed by atoms with E-state index in [1.165, 1.54) is 30.3 Å². The molecule has 1 saturated carbocycles. The van der Waals surface area contributed by atoms with Crippen LogP contribution in [0.5, 0.6) is 0 Å². The lowest BCUT2D eigenvalue weighted by Gasteiger charge is -2.19. The lowest BCUT2D eigenvalue weighted by molar-refractivity contribution is -0.136. The standard InChI is InChI=1S/C21H16F4N2O/c22-14-7-5-13(6-8-14)20(9-10-20)12-27-19(28)16-11-26-17-4-2-1-3-15(17)18(16)21(23,24)25/h1-8,11H,9-10,12H2,(H,27,28). The summed E-state index contributed by atoms with van der Waals surface area (Å²) in [6.45, 7) is 0.182. The van der Waals surface area contributed by atoms with Crippen molar-refractivity contribution in [2.45, 2.75) is 24.4 Å². The second-order valence-electron chi connectivity index (χ2n) is 7.03. The van der Waals surface area contributed by atoms with Crippen molar-refractivity contribution in [2.24, 2.45) is 0 Å². The Labute approximate surface area is 158 Å². The van der Waals surface area contributed by atoms with E-state index in [0.29, 0.717) is 0 Å². The number of pyridine rings is 1. The molecule has 3 nitrogen and oxygen atoms in total. The fourth-order valence-electron chi connectivity index (χ4n) is 3.49. The first-order valence-electron chi connectivity index (χ1n) is 8.79. The summed E-state index contributed by atoms with van der Waals surface area (Å²) in [6, 6.07) is 11.8. The molecule has 2 aromatic carbocycles. The van der Waals surface area contributed by atoms with Crippen molar-refractivity contribution in [2.75, 3.05) is 6.54 Å². The van der Waals surface area contributed by atoms with Crippen LogP contribution >= 0.6 is 0 Å². The van der Waals surface area contributed by atoms with Gasteiger partial charge in [0.1, 0.15) is 5.82 Å². The highest BCUT2D eigenvalue weighted by molar-refractivity contribution is 6.00. The predicted molar refractivity (Wildman–Crippen MR) is 96.4 cm³/mol. The zero-order valence-corrected chi connectivity index (χ0v) is 14.7. The van der Waals surface area contributed by atoms with Gasteiger partial charge in [0.05, 0.1) is 16.6 Å². The molecule has 3 aromatic rings. The summed E-state index contributed by atoms with van der Waals surface area (Å²) >= 11 is 0. The van der Waals surface area contributed by atoms with Gasteiger partial charge in [-0.2, -0.15) is 13.2 Å². The van der Waals surface area contributed by atoms with Gasteiger partial charge in [0.15, 0.2) is 0 Å². The zero-order chi connectivity index (χ0) is 19.9. The maximum atomic E-state index is 13.7. The van der Waals surface area contributed by atoms with Crippen molar-refractivity contribution in [1.29, 1.82) is 0 Å². The first kappa shape index (κ1) is 18.4. The second kappa shape index (κ2) is 6.58. The van der Waals surface area contributed by atoms with Crippen LogP contribution in [0.1, 0.15) is 34.3 Å². The minimum absolute atomic E-state index is 0.109. The van der Waals surface area contributed by atoms with Gasteiger partial charge in [-0.25, -0.2) is 4.39 Å². The summed E-state index contributed by atoms with van der Waals surface area (Å²) in [4.78, 5) is 16.6.